The number of amides is 1. The van der Waals surface area contributed by atoms with Crippen LogP contribution in [0, 0.1) is 23.7 Å². The van der Waals surface area contributed by atoms with Crippen LogP contribution >= 0.6 is 0 Å². The van der Waals surface area contributed by atoms with Crippen LogP contribution in [0.4, 0.5) is 0 Å². The number of nitrogens with one attached hydrogen (secondary N) is 1. The molecular weight excluding hydrogens is 454 g/mol. The molecule has 8 nitrogen and oxygen atoms in total. The van der Waals surface area contributed by atoms with E-state index in [-0.39, 0.29) is 25.1 Å². The van der Waals surface area contributed by atoms with Gasteiger partial charge in [0.2, 0.25) is 5.88 Å². The molecule has 2 bridgehead atoms. The second kappa shape index (κ2) is 11.4. The molecule has 0 aliphatic heterocycles. The summed E-state index contributed by atoms with van der Waals surface area (Å²) in [7, 11) is -3.54. The van der Waals surface area contributed by atoms with Gasteiger partial charge in [0.15, 0.2) is 0 Å². The summed E-state index contributed by atoms with van der Waals surface area (Å²) in [5.41, 5.74) is 0.415. The lowest BCUT2D eigenvalue weighted by Gasteiger charge is -2.41. The van der Waals surface area contributed by atoms with Crippen molar-refractivity contribution < 1.29 is 22.1 Å². The lowest BCUT2D eigenvalue weighted by molar-refractivity contribution is 0.0848. The third-order valence-corrected chi connectivity index (χ3v) is 8.64. The minimum atomic E-state index is -3.54. The quantitative estimate of drug-likeness (QED) is 0.490. The summed E-state index contributed by atoms with van der Waals surface area (Å²) in [6.45, 7) is 2.81. The van der Waals surface area contributed by atoms with Gasteiger partial charge in [0.05, 0.1) is 32.2 Å². The van der Waals surface area contributed by atoms with Crippen molar-refractivity contribution in [1.82, 2.24) is 15.1 Å². The molecule has 34 heavy (non-hydrogen) atoms. The van der Waals surface area contributed by atoms with E-state index in [1.54, 1.807) is 4.68 Å². The largest absolute Gasteiger partial charge is 0.477 e. The predicted molar refractivity (Wildman–Crippen MR) is 130 cm³/mol. The maximum atomic E-state index is 13.3. The van der Waals surface area contributed by atoms with Gasteiger partial charge >= 0.3 is 0 Å². The summed E-state index contributed by atoms with van der Waals surface area (Å²) in [5.74, 6) is 2.84. The molecule has 1 amide bonds. The van der Waals surface area contributed by atoms with Crippen LogP contribution in [-0.4, -0.2) is 49.6 Å². The minimum Gasteiger partial charge on any atom is -0.477 e. The highest BCUT2D eigenvalue weighted by Crippen LogP contribution is 2.43. The van der Waals surface area contributed by atoms with Crippen molar-refractivity contribution in [3.05, 3.63) is 11.8 Å². The molecule has 1 N–H and O–H groups in total. The lowest BCUT2D eigenvalue weighted by Crippen LogP contribution is -2.42. The first-order chi connectivity index (χ1) is 16.3. The molecule has 3 fully saturated rings. The molecule has 3 aliphatic carbocycles. The van der Waals surface area contributed by atoms with Gasteiger partial charge in [0.1, 0.15) is 5.56 Å². The third kappa shape index (κ3) is 6.97. The topological polar surface area (TPSA) is 99.5 Å². The van der Waals surface area contributed by atoms with Gasteiger partial charge in [0, 0.05) is 6.04 Å². The van der Waals surface area contributed by atoms with Gasteiger partial charge in [-0.05, 0) is 62.7 Å². The molecule has 0 aromatic carbocycles. The van der Waals surface area contributed by atoms with Crippen molar-refractivity contribution in [2.75, 3.05) is 19.5 Å². The second-order valence-corrected chi connectivity index (χ2v) is 12.5. The normalized spacial score (nSPS) is 26.7. The van der Waals surface area contributed by atoms with E-state index >= 15 is 0 Å². The zero-order valence-electron chi connectivity index (χ0n) is 20.7. The van der Waals surface area contributed by atoms with Crippen LogP contribution in [0.25, 0.3) is 0 Å². The van der Waals surface area contributed by atoms with Gasteiger partial charge in [0.25, 0.3) is 16.0 Å². The summed E-state index contributed by atoms with van der Waals surface area (Å²) in [6.07, 6.45) is 16.3. The molecule has 3 aliphatic rings. The summed E-state index contributed by atoms with van der Waals surface area (Å²) in [4.78, 5) is 13.3. The average Bonchev–Trinajstić information content (AvgIpc) is 3.20. The van der Waals surface area contributed by atoms with Crippen LogP contribution in [0.2, 0.25) is 0 Å². The van der Waals surface area contributed by atoms with E-state index in [0.29, 0.717) is 29.9 Å². The molecule has 3 unspecified atom stereocenters. The summed E-state index contributed by atoms with van der Waals surface area (Å²) < 4.78 is 35.3. The Labute approximate surface area is 204 Å². The first-order valence-electron chi connectivity index (χ1n) is 13.1. The zero-order chi connectivity index (χ0) is 24.1. The highest BCUT2D eigenvalue weighted by molar-refractivity contribution is 7.85. The van der Waals surface area contributed by atoms with Gasteiger partial charge in [-0.2, -0.15) is 13.5 Å². The van der Waals surface area contributed by atoms with E-state index in [1.165, 1.54) is 64.0 Å². The lowest BCUT2D eigenvalue weighted by atomic mass is 9.66. The van der Waals surface area contributed by atoms with E-state index in [2.05, 4.69) is 17.3 Å². The van der Waals surface area contributed by atoms with Crippen LogP contribution in [0.15, 0.2) is 6.20 Å². The molecule has 192 valence electrons. The predicted octanol–water partition coefficient (Wildman–Crippen LogP) is 4.15. The van der Waals surface area contributed by atoms with Crippen molar-refractivity contribution in [1.29, 1.82) is 0 Å². The number of carbonyl (C=O) groups excluding carboxylic acids is 1. The monoisotopic (exact) mass is 495 g/mol. The third-order valence-electron chi connectivity index (χ3n) is 8.05. The molecular formula is C25H41N3O5S. The molecule has 9 heteroatoms. The molecule has 4 rings (SSSR count). The highest BCUT2D eigenvalue weighted by Gasteiger charge is 2.35. The van der Waals surface area contributed by atoms with Crippen LogP contribution in [0.1, 0.15) is 87.9 Å². The summed E-state index contributed by atoms with van der Waals surface area (Å²) >= 11 is 0. The number of hydrogen-bond donors (Lipinski definition) is 1. The average molecular weight is 496 g/mol. The van der Waals surface area contributed by atoms with E-state index in [9.17, 15) is 13.2 Å². The molecule has 1 heterocycles. The van der Waals surface area contributed by atoms with Crippen LogP contribution in [0.5, 0.6) is 5.88 Å². The summed E-state index contributed by atoms with van der Waals surface area (Å²) in [5, 5.41) is 7.57. The SMILES string of the molecule is CC(NC(=O)c1cnn(CCOS(C)(=O)=O)c1OCC1CCCCC1)C1CC2CCCC(C2)C1. The van der Waals surface area contributed by atoms with E-state index in [0.717, 1.165) is 30.9 Å². The molecule has 0 saturated heterocycles. The Morgan fingerprint density at radius 1 is 1.12 bits per heavy atom. The fourth-order valence-corrected chi connectivity index (χ4v) is 6.64. The van der Waals surface area contributed by atoms with Crippen molar-refractivity contribution in [2.45, 2.75) is 90.1 Å². The minimum absolute atomic E-state index is 0.0530. The molecule has 1 aromatic heterocycles. The van der Waals surface area contributed by atoms with Gasteiger partial charge in [-0.15, -0.1) is 0 Å². The van der Waals surface area contributed by atoms with Gasteiger partial charge < -0.3 is 10.1 Å². The Kier molecular flexibility index (Phi) is 8.56. The van der Waals surface area contributed by atoms with Crippen molar-refractivity contribution in [3.63, 3.8) is 0 Å². The number of aromatic nitrogens is 2. The van der Waals surface area contributed by atoms with Crippen molar-refractivity contribution >= 4 is 16.0 Å². The Balaban J connectivity index is 1.42. The Hall–Kier alpha value is -1.61. The standard InChI is InChI=1S/C25H41N3O5S/c1-18(22-14-20-9-6-10-21(13-20)15-22)27-24(29)23-16-26-28(11-12-33-34(2,30)31)25(23)32-17-19-7-4-3-5-8-19/h16,18-22H,3-15,17H2,1-2H3,(H,27,29). The number of rotatable bonds is 10. The maximum absolute atomic E-state index is 13.3. The Morgan fingerprint density at radius 3 is 2.50 bits per heavy atom. The van der Waals surface area contributed by atoms with Crippen LogP contribution < -0.4 is 10.1 Å². The van der Waals surface area contributed by atoms with E-state index in [4.69, 9.17) is 8.92 Å². The molecule has 0 radical (unpaired) electrons. The number of fused-ring (bicyclic) bond motifs is 2. The van der Waals surface area contributed by atoms with E-state index < -0.39 is 10.1 Å². The fourth-order valence-electron chi connectivity index (χ4n) is 6.26. The fraction of sp³-hybridized carbons (Fsp3) is 0.840. The van der Waals surface area contributed by atoms with Crippen LogP contribution in [-0.2, 0) is 20.8 Å². The maximum Gasteiger partial charge on any atom is 0.264 e. The number of ether oxygens (including phenoxy) is 1. The molecule has 1 aromatic rings. The van der Waals surface area contributed by atoms with Gasteiger partial charge in [-0.1, -0.05) is 38.5 Å². The smallest absolute Gasteiger partial charge is 0.264 e. The summed E-state index contributed by atoms with van der Waals surface area (Å²) in [6, 6.07) is 0.0963. The van der Waals surface area contributed by atoms with Crippen LogP contribution in [0.3, 0.4) is 0 Å². The van der Waals surface area contributed by atoms with Gasteiger partial charge in [-0.3, -0.25) is 8.98 Å². The number of hydrogen-bond acceptors (Lipinski definition) is 6. The highest BCUT2D eigenvalue weighted by atomic mass is 32.2. The zero-order valence-corrected chi connectivity index (χ0v) is 21.5. The van der Waals surface area contributed by atoms with Crippen molar-refractivity contribution in [3.8, 4) is 5.88 Å². The first kappa shape index (κ1) is 25.5. The Bertz CT molecular complexity index is 913. The van der Waals surface area contributed by atoms with Crippen molar-refractivity contribution in [2.24, 2.45) is 23.7 Å². The Morgan fingerprint density at radius 2 is 1.82 bits per heavy atom. The number of carbonyl (C=O) groups is 1. The van der Waals surface area contributed by atoms with Gasteiger partial charge in [-0.25, -0.2) is 4.68 Å². The second-order valence-electron chi connectivity index (χ2n) is 10.8. The molecule has 3 saturated carbocycles. The van der Waals surface area contributed by atoms with E-state index in [1.807, 2.05) is 0 Å². The molecule has 0 spiro atoms. The first-order valence-corrected chi connectivity index (χ1v) is 14.9. The number of nitrogens with zero attached hydrogens (tertiary/aromatic N) is 2. The molecule has 3 atom stereocenters.